The standard InChI is InChI=1S/C12H14N2OS/c15-12(4-2-1-3-5-12)8-10-9-14-6-7-16-11(14)13-10/h2,4,6-7,9,15H,1,3,5,8H2. The summed E-state index contributed by atoms with van der Waals surface area (Å²) in [4.78, 5) is 5.50. The lowest BCUT2D eigenvalue weighted by Gasteiger charge is -2.26. The van der Waals surface area contributed by atoms with Crippen LogP contribution in [0, 0.1) is 0 Å². The van der Waals surface area contributed by atoms with E-state index in [1.165, 1.54) is 0 Å². The summed E-state index contributed by atoms with van der Waals surface area (Å²) in [5.41, 5.74) is 0.295. The maximum absolute atomic E-state index is 10.4. The van der Waals surface area contributed by atoms with Crippen LogP contribution in [0.15, 0.2) is 29.9 Å². The minimum Gasteiger partial charge on any atom is -0.385 e. The van der Waals surface area contributed by atoms with Crippen LogP contribution in [0.5, 0.6) is 0 Å². The van der Waals surface area contributed by atoms with Crippen molar-refractivity contribution in [2.45, 2.75) is 31.3 Å². The van der Waals surface area contributed by atoms with Gasteiger partial charge in [-0.3, -0.25) is 4.40 Å². The van der Waals surface area contributed by atoms with Crippen molar-refractivity contribution >= 4 is 16.3 Å². The maximum atomic E-state index is 10.4. The Morgan fingerprint density at radius 1 is 1.56 bits per heavy atom. The average Bonchev–Trinajstić information content (AvgIpc) is 2.78. The molecule has 0 saturated carbocycles. The van der Waals surface area contributed by atoms with Gasteiger partial charge in [0.25, 0.3) is 0 Å². The molecule has 84 valence electrons. The quantitative estimate of drug-likeness (QED) is 0.810. The lowest BCUT2D eigenvalue weighted by molar-refractivity contribution is 0.0742. The van der Waals surface area contributed by atoms with Gasteiger partial charge in [0.15, 0.2) is 4.96 Å². The number of aromatic nitrogens is 2. The van der Waals surface area contributed by atoms with Gasteiger partial charge in [-0.1, -0.05) is 12.2 Å². The first-order chi connectivity index (χ1) is 7.75. The summed E-state index contributed by atoms with van der Waals surface area (Å²) < 4.78 is 2.01. The van der Waals surface area contributed by atoms with Crippen molar-refractivity contribution in [1.29, 1.82) is 0 Å². The van der Waals surface area contributed by atoms with E-state index in [0.717, 1.165) is 29.9 Å². The van der Waals surface area contributed by atoms with Crippen molar-refractivity contribution < 1.29 is 5.11 Å². The lowest BCUT2D eigenvalue weighted by atomic mass is 9.87. The summed E-state index contributed by atoms with van der Waals surface area (Å²) >= 11 is 1.62. The average molecular weight is 234 g/mol. The van der Waals surface area contributed by atoms with Crippen LogP contribution < -0.4 is 0 Å². The molecule has 1 unspecified atom stereocenters. The molecule has 2 heterocycles. The fraction of sp³-hybridized carbons (Fsp3) is 0.417. The summed E-state index contributed by atoms with van der Waals surface area (Å²) in [7, 11) is 0. The monoisotopic (exact) mass is 234 g/mol. The van der Waals surface area contributed by atoms with E-state index < -0.39 is 5.60 Å². The highest BCUT2D eigenvalue weighted by atomic mass is 32.1. The van der Waals surface area contributed by atoms with E-state index in [-0.39, 0.29) is 0 Å². The molecule has 0 amide bonds. The van der Waals surface area contributed by atoms with Gasteiger partial charge in [-0.05, 0) is 19.3 Å². The molecule has 0 bridgehead atoms. The number of imidazole rings is 1. The van der Waals surface area contributed by atoms with E-state index in [1.807, 2.05) is 28.3 Å². The molecule has 2 aromatic rings. The van der Waals surface area contributed by atoms with Crippen molar-refractivity contribution in [3.63, 3.8) is 0 Å². The van der Waals surface area contributed by atoms with Gasteiger partial charge >= 0.3 is 0 Å². The van der Waals surface area contributed by atoms with Crippen LogP contribution in [0.1, 0.15) is 25.0 Å². The van der Waals surface area contributed by atoms with E-state index in [0.29, 0.717) is 6.42 Å². The number of fused-ring (bicyclic) bond motifs is 1. The van der Waals surface area contributed by atoms with Crippen LogP contribution in [0.3, 0.4) is 0 Å². The highest BCUT2D eigenvalue weighted by Gasteiger charge is 2.26. The number of hydrogen-bond acceptors (Lipinski definition) is 3. The van der Waals surface area contributed by atoms with Gasteiger partial charge in [0.2, 0.25) is 0 Å². The van der Waals surface area contributed by atoms with Crippen molar-refractivity contribution in [3.8, 4) is 0 Å². The summed E-state index contributed by atoms with van der Waals surface area (Å²) in [5.74, 6) is 0. The zero-order chi connectivity index (χ0) is 11.0. The van der Waals surface area contributed by atoms with Gasteiger partial charge in [0, 0.05) is 24.2 Å². The SMILES string of the molecule is OC1(Cc2cn3ccsc3n2)C=CCCC1. The molecular formula is C12H14N2OS. The molecule has 4 heteroatoms. The van der Waals surface area contributed by atoms with Crippen molar-refractivity contribution in [3.05, 3.63) is 35.6 Å². The third-order valence-corrected chi connectivity index (χ3v) is 3.81. The predicted octanol–water partition coefficient (Wildman–Crippen LogP) is 2.41. The highest BCUT2D eigenvalue weighted by Crippen LogP contribution is 2.26. The summed E-state index contributed by atoms with van der Waals surface area (Å²) in [6.07, 6.45) is 11.6. The Kier molecular flexibility index (Phi) is 2.33. The minimum atomic E-state index is -0.678. The van der Waals surface area contributed by atoms with Crippen LogP contribution in [-0.4, -0.2) is 20.1 Å². The molecule has 1 aliphatic carbocycles. The molecule has 0 aromatic carbocycles. The fourth-order valence-electron chi connectivity index (χ4n) is 2.23. The third kappa shape index (κ3) is 1.79. The van der Waals surface area contributed by atoms with E-state index in [2.05, 4.69) is 11.1 Å². The van der Waals surface area contributed by atoms with Crippen LogP contribution in [-0.2, 0) is 6.42 Å². The maximum Gasteiger partial charge on any atom is 0.193 e. The number of aliphatic hydroxyl groups is 1. The van der Waals surface area contributed by atoms with Gasteiger partial charge in [-0.2, -0.15) is 0 Å². The second-order valence-electron chi connectivity index (χ2n) is 4.40. The molecule has 2 aromatic heterocycles. The van der Waals surface area contributed by atoms with Crippen molar-refractivity contribution in [1.82, 2.24) is 9.38 Å². The lowest BCUT2D eigenvalue weighted by Crippen LogP contribution is -2.30. The Morgan fingerprint density at radius 3 is 3.25 bits per heavy atom. The Balaban J connectivity index is 1.86. The first-order valence-corrected chi connectivity index (χ1v) is 6.44. The molecule has 16 heavy (non-hydrogen) atoms. The van der Waals surface area contributed by atoms with E-state index in [1.54, 1.807) is 11.3 Å². The summed E-state index contributed by atoms with van der Waals surface area (Å²) in [6.45, 7) is 0. The smallest absolute Gasteiger partial charge is 0.193 e. The van der Waals surface area contributed by atoms with Gasteiger partial charge in [-0.25, -0.2) is 4.98 Å². The molecule has 3 nitrogen and oxygen atoms in total. The summed E-state index contributed by atoms with van der Waals surface area (Å²) in [5, 5.41) is 12.4. The van der Waals surface area contributed by atoms with Crippen LogP contribution in [0.25, 0.3) is 4.96 Å². The molecule has 0 fully saturated rings. The van der Waals surface area contributed by atoms with Gasteiger partial charge in [0.05, 0.1) is 11.3 Å². The van der Waals surface area contributed by atoms with E-state index in [9.17, 15) is 5.11 Å². The molecule has 0 saturated heterocycles. The molecular weight excluding hydrogens is 220 g/mol. The topological polar surface area (TPSA) is 37.5 Å². The van der Waals surface area contributed by atoms with E-state index >= 15 is 0 Å². The molecule has 1 N–H and O–H groups in total. The largest absolute Gasteiger partial charge is 0.385 e. The first kappa shape index (κ1) is 10.1. The number of hydrogen-bond donors (Lipinski definition) is 1. The minimum absolute atomic E-state index is 0.623. The van der Waals surface area contributed by atoms with Gasteiger partial charge in [0.1, 0.15) is 0 Å². The Hall–Kier alpha value is -1.13. The third-order valence-electron chi connectivity index (χ3n) is 3.04. The van der Waals surface area contributed by atoms with Crippen molar-refractivity contribution in [2.75, 3.05) is 0 Å². The molecule has 1 aliphatic rings. The fourth-order valence-corrected chi connectivity index (χ4v) is 2.95. The number of nitrogens with zero attached hydrogens (tertiary/aromatic N) is 2. The predicted molar refractivity (Wildman–Crippen MR) is 64.7 cm³/mol. The molecule has 1 atom stereocenters. The second kappa shape index (κ2) is 3.71. The first-order valence-electron chi connectivity index (χ1n) is 5.56. The second-order valence-corrected chi connectivity index (χ2v) is 5.27. The van der Waals surface area contributed by atoms with E-state index in [4.69, 9.17) is 0 Å². The normalized spacial score (nSPS) is 25.3. The number of allylic oxidation sites excluding steroid dienone is 1. The zero-order valence-electron chi connectivity index (χ0n) is 8.97. The molecule has 3 rings (SSSR count). The number of thiazole rings is 1. The molecule has 0 spiro atoms. The van der Waals surface area contributed by atoms with Gasteiger partial charge < -0.3 is 5.11 Å². The van der Waals surface area contributed by atoms with Gasteiger partial charge in [-0.15, -0.1) is 11.3 Å². The Morgan fingerprint density at radius 2 is 2.50 bits per heavy atom. The van der Waals surface area contributed by atoms with Crippen LogP contribution in [0.4, 0.5) is 0 Å². The summed E-state index contributed by atoms with van der Waals surface area (Å²) in [6, 6.07) is 0. The van der Waals surface area contributed by atoms with Crippen LogP contribution in [0.2, 0.25) is 0 Å². The van der Waals surface area contributed by atoms with Crippen molar-refractivity contribution in [2.24, 2.45) is 0 Å². The molecule has 0 radical (unpaired) electrons. The Labute approximate surface area is 98.1 Å². The Bertz CT molecular complexity index is 499. The van der Waals surface area contributed by atoms with Crippen LogP contribution >= 0.6 is 11.3 Å². The molecule has 0 aliphatic heterocycles. The highest BCUT2D eigenvalue weighted by molar-refractivity contribution is 7.15. The number of rotatable bonds is 2. The zero-order valence-corrected chi connectivity index (χ0v) is 9.78.